The third kappa shape index (κ3) is 10.4. The zero-order valence-electron chi connectivity index (χ0n) is 11.9. The van der Waals surface area contributed by atoms with Gasteiger partial charge < -0.3 is 4.74 Å². The fourth-order valence-electron chi connectivity index (χ4n) is 1.33. The number of carbonyl (C=O) groups excluding carboxylic acids is 2. The van der Waals surface area contributed by atoms with Gasteiger partial charge in [-0.2, -0.15) is 0 Å². The molecular formula is C13H23ClN2O3. The highest BCUT2D eigenvalue weighted by molar-refractivity contribution is 6.62. The number of amides is 2. The molecule has 0 heterocycles. The van der Waals surface area contributed by atoms with Gasteiger partial charge in [-0.25, -0.2) is 15.2 Å². The molecule has 110 valence electrons. The number of hydrazine groups is 1. The highest BCUT2D eigenvalue weighted by Gasteiger charge is 2.20. The standard InChI is InChI=1S/C13H23ClN2O3/c1-5-6-7-8-9-10-16(11(14)17)15-12(18)19-13(2,3)4/h5H,1,6-10H2,2-4H3,(H,15,18). The molecule has 0 saturated carbocycles. The van der Waals surface area contributed by atoms with Gasteiger partial charge in [-0.05, 0) is 51.6 Å². The molecule has 0 atom stereocenters. The predicted octanol–water partition coefficient (Wildman–Crippen LogP) is 3.83. The Kier molecular flexibility index (Phi) is 8.23. The average molecular weight is 291 g/mol. The Morgan fingerprint density at radius 2 is 1.95 bits per heavy atom. The van der Waals surface area contributed by atoms with Gasteiger partial charge in [0.1, 0.15) is 5.60 Å². The maximum absolute atomic E-state index is 11.5. The molecule has 0 radical (unpaired) electrons. The van der Waals surface area contributed by atoms with Gasteiger partial charge in [0.25, 0.3) is 0 Å². The van der Waals surface area contributed by atoms with Gasteiger partial charge in [0.05, 0.1) is 0 Å². The molecular weight excluding hydrogens is 268 g/mol. The van der Waals surface area contributed by atoms with E-state index >= 15 is 0 Å². The molecule has 0 aliphatic carbocycles. The zero-order valence-corrected chi connectivity index (χ0v) is 12.6. The highest BCUT2D eigenvalue weighted by Crippen LogP contribution is 2.08. The summed E-state index contributed by atoms with van der Waals surface area (Å²) < 4.78 is 5.05. The zero-order chi connectivity index (χ0) is 14.9. The van der Waals surface area contributed by atoms with Gasteiger partial charge in [-0.15, -0.1) is 6.58 Å². The van der Waals surface area contributed by atoms with Crippen LogP contribution < -0.4 is 5.43 Å². The molecule has 0 bridgehead atoms. The molecule has 0 aromatic rings. The van der Waals surface area contributed by atoms with Crippen molar-refractivity contribution in [3.05, 3.63) is 12.7 Å². The minimum atomic E-state index is -0.727. The van der Waals surface area contributed by atoms with Crippen LogP contribution in [0.5, 0.6) is 0 Å². The third-order valence-corrected chi connectivity index (χ3v) is 2.33. The Balaban J connectivity index is 4.08. The van der Waals surface area contributed by atoms with Gasteiger partial charge in [-0.1, -0.05) is 12.5 Å². The lowest BCUT2D eigenvalue weighted by Crippen LogP contribution is -2.46. The number of hydrogen-bond donors (Lipinski definition) is 1. The Bertz CT molecular complexity index is 314. The minimum absolute atomic E-state index is 0.360. The third-order valence-electron chi connectivity index (χ3n) is 2.13. The van der Waals surface area contributed by atoms with Crippen molar-refractivity contribution in [2.75, 3.05) is 6.54 Å². The van der Waals surface area contributed by atoms with E-state index in [2.05, 4.69) is 12.0 Å². The maximum Gasteiger partial charge on any atom is 0.426 e. The van der Waals surface area contributed by atoms with E-state index in [1.54, 1.807) is 20.8 Å². The summed E-state index contributed by atoms with van der Waals surface area (Å²) in [6, 6.07) is 0. The summed E-state index contributed by atoms with van der Waals surface area (Å²) in [7, 11) is 0. The van der Waals surface area contributed by atoms with Crippen molar-refractivity contribution in [3.63, 3.8) is 0 Å². The molecule has 6 heteroatoms. The number of hydrogen-bond acceptors (Lipinski definition) is 3. The molecule has 0 aliphatic heterocycles. The molecule has 0 aromatic heterocycles. The van der Waals surface area contributed by atoms with Crippen LogP contribution in [0, 0.1) is 0 Å². The summed E-state index contributed by atoms with van der Waals surface area (Å²) in [6.07, 6.45) is 4.79. The molecule has 0 fully saturated rings. The molecule has 2 amide bonds. The lowest BCUT2D eigenvalue weighted by atomic mass is 10.2. The number of nitrogens with zero attached hydrogens (tertiary/aromatic N) is 1. The predicted molar refractivity (Wildman–Crippen MR) is 76.0 cm³/mol. The van der Waals surface area contributed by atoms with Gasteiger partial charge in [0, 0.05) is 6.54 Å². The van der Waals surface area contributed by atoms with Crippen molar-refractivity contribution in [3.8, 4) is 0 Å². The SMILES string of the molecule is C=CCCCCCN(NC(=O)OC(C)(C)C)C(=O)Cl. The first-order valence-corrected chi connectivity index (χ1v) is 6.71. The molecule has 0 unspecified atom stereocenters. The van der Waals surface area contributed by atoms with Gasteiger partial charge >= 0.3 is 11.5 Å². The molecule has 0 aromatic carbocycles. The summed E-state index contributed by atoms with van der Waals surface area (Å²) in [6.45, 7) is 9.23. The van der Waals surface area contributed by atoms with Crippen molar-refractivity contribution in [2.24, 2.45) is 0 Å². The number of carbonyl (C=O) groups is 2. The second-order valence-corrected chi connectivity index (χ2v) is 5.48. The quantitative estimate of drug-likeness (QED) is 0.266. The number of allylic oxidation sites excluding steroid dienone is 1. The molecule has 0 saturated heterocycles. The van der Waals surface area contributed by atoms with Crippen molar-refractivity contribution < 1.29 is 14.3 Å². The monoisotopic (exact) mass is 290 g/mol. The normalized spacial score (nSPS) is 10.7. The smallest absolute Gasteiger partial charge is 0.426 e. The summed E-state index contributed by atoms with van der Waals surface area (Å²) in [5, 5.41) is 0.332. The maximum atomic E-state index is 11.5. The van der Waals surface area contributed by atoms with Crippen LogP contribution in [0.15, 0.2) is 12.7 Å². The summed E-state index contributed by atoms with van der Waals surface area (Å²) in [5.74, 6) is 0. The minimum Gasteiger partial charge on any atom is -0.443 e. The van der Waals surface area contributed by atoms with Crippen LogP contribution in [-0.2, 0) is 4.74 Å². The molecule has 5 nitrogen and oxygen atoms in total. The second-order valence-electron chi connectivity index (χ2n) is 5.16. The van der Waals surface area contributed by atoms with Crippen LogP contribution in [-0.4, -0.2) is 28.6 Å². The van der Waals surface area contributed by atoms with Crippen molar-refractivity contribution in [1.29, 1.82) is 0 Å². The first kappa shape index (κ1) is 17.8. The van der Waals surface area contributed by atoms with Crippen molar-refractivity contribution in [2.45, 2.75) is 52.1 Å². The fourth-order valence-corrected chi connectivity index (χ4v) is 1.46. The van der Waals surface area contributed by atoms with E-state index in [9.17, 15) is 9.59 Å². The lowest BCUT2D eigenvalue weighted by molar-refractivity contribution is 0.0392. The number of nitrogens with one attached hydrogen (secondary N) is 1. The van der Waals surface area contributed by atoms with Crippen LogP contribution in [0.1, 0.15) is 46.5 Å². The number of unbranched alkanes of at least 4 members (excludes halogenated alkanes) is 3. The average Bonchev–Trinajstić information content (AvgIpc) is 2.24. The van der Waals surface area contributed by atoms with Crippen LogP contribution in [0.4, 0.5) is 9.59 Å². The Hall–Kier alpha value is -1.23. The number of halogens is 1. The number of ether oxygens (including phenoxy) is 1. The van der Waals surface area contributed by atoms with Crippen molar-refractivity contribution in [1.82, 2.24) is 10.4 Å². The van der Waals surface area contributed by atoms with E-state index in [1.165, 1.54) is 0 Å². The molecule has 0 aliphatic rings. The topological polar surface area (TPSA) is 58.6 Å². The fraction of sp³-hybridized carbons (Fsp3) is 0.692. The molecule has 19 heavy (non-hydrogen) atoms. The van der Waals surface area contributed by atoms with Crippen LogP contribution in [0.25, 0.3) is 0 Å². The van der Waals surface area contributed by atoms with Gasteiger partial charge in [0.2, 0.25) is 0 Å². The first-order chi connectivity index (χ1) is 8.76. The summed E-state index contributed by atoms with van der Waals surface area (Å²) in [5.41, 5.74) is 1.72. The van der Waals surface area contributed by atoms with E-state index in [4.69, 9.17) is 16.3 Å². The van der Waals surface area contributed by atoms with Crippen LogP contribution in [0.3, 0.4) is 0 Å². The van der Waals surface area contributed by atoms with Crippen LogP contribution in [0.2, 0.25) is 0 Å². The van der Waals surface area contributed by atoms with E-state index in [-0.39, 0.29) is 0 Å². The highest BCUT2D eigenvalue weighted by atomic mass is 35.5. The Morgan fingerprint density at radius 3 is 2.42 bits per heavy atom. The summed E-state index contributed by atoms with van der Waals surface area (Å²) in [4.78, 5) is 22.7. The molecule has 0 spiro atoms. The Morgan fingerprint density at radius 1 is 1.32 bits per heavy atom. The first-order valence-electron chi connectivity index (χ1n) is 6.34. The molecule has 0 rings (SSSR count). The van der Waals surface area contributed by atoms with E-state index in [1.807, 2.05) is 6.08 Å². The van der Waals surface area contributed by atoms with E-state index < -0.39 is 17.1 Å². The summed E-state index contributed by atoms with van der Waals surface area (Å²) >= 11 is 5.40. The van der Waals surface area contributed by atoms with E-state index in [0.29, 0.717) is 6.54 Å². The van der Waals surface area contributed by atoms with Crippen molar-refractivity contribution >= 4 is 23.1 Å². The largest absolute Gasteiger partial charge is 0.443 e. The number of rotatable bonds is 6. The lowest BCUT2D eigenvalue weighted by Gasteiger charge is -2.24. The van der Waals surface area contributed by atoms with E-state index in [0.717, 1.165) is 30.7 Å². The van der Waals surface area contributed by atoms with Gasteiger partial charge in [0.15, 0.2) is 0 Å². The van der Waals surface area contributed by atoms with Crippen LogP contribution >= 0.6 is 11.6 Å². The Labute approximate surface area is 119 Å². The van der Waals surface area contributed by atoms with Gasteiger partial charge in [-0.3, -0.25) is 4.79 Å². The second kappa shape index (κ2) is 8.80. The molecule has 1 N–H and O–H groups in total.